The van der Waals surface area contributed by atoms with Crippen LogP contribution in [0.5, 0.6) is 0 Å². The first-order valence-electron chi connectivity index (χ1n) is 18.5. The lowest BCUT2D eigenvalue weighted by Crippen LogP contribution is -2.00. The molecule has 0 aliphatic rings. The molecule has 4 heteroatoms. The average molecular weight is 702 g/mol. The zero-order valence-corrected chi connectivity index (χ0v) is 29.6. The number of rotatable bonds is 5. The second-order valence-electron chi connectivity index (χ2n) is 14.0. The Morgan fingerprint density at radius 2 is 0.855 bits per heavy atom. The Morgan fingerprint density at radius 3 is 1.62 bits per heavy atom. The van der Waals surface area contributed by atoms with Crippen LogP contribution in [-0.4, -0.2) is 15.0 Å². The number of hydrogen-bond acceptors (Lipinski definition) is 4. The third-order valence-corrected chi connectivity index (χ3v) is 10.7. The maximum absolute atomic E-state index is 6.49. The largest absolute Gasteiger partial charge is 0.456 e. The van der Waals surface area contributed by atoms with Crippen molar-refractivity contribution in [3.05, 3.63) is 188 Å². The summed E-state index contributed by atoms with van der Waals surface area (Å²) in [5.41, 5.74) is 9.14. The van der Waals surface area contributed by atoms with Crippen molar-refractivity contribution in [3.8, 4) is 56.4 Å². The van der Waals surface area contributed by atoms with Crippen LogP contribution in [0.1, 0.15) is 0 Å². The van der Waals surface area contributed by atoms with Gasteiger partial charge >= 0.3 is 0 Å². The molecule has 0 spiro atoms. The highest BCUT2D eigenvalue weighted by Crippen LogP contribution is 2.42. The molecule has 256 valence electrons. The Bertz CT molecular complexity index is 3270. The van der Waals surface area contributed by atoms with Crippen LogP contribution in [0.15, 0.2) is 192 Å². The molecule has 11 aromatic rings. The van der Waals surface area contributed by atoms with Crippen LogP contribution < -0.4 is 0 Å². The van der Waals surface area contributed by atoms with Gasteiger partial charge < -0.3 is 4.42 Å². The van der Waals surface area contributed by atoms with Crippen LogP contribution in [0, 0.1) is 0 Å². The van der Waals surface area contributed by atoms with E-state index in [0.717, 1.165) is 71.5 Å². The maximum Gasteiger partial charge on any atom is 0.164 e. The van der Waals surface area contributed by atoms with E-state index in [1.807, 2.05) is 30.3 Å². The number of furan rings is 1. The highest BCUT2D eigenvalue weighted by molar-refractivity contribution is 6.17. The van der Waals surface area contributed by atoms with Crippen molar-refractivity contribution in [1.82, 2.24) is 15.0 Å². The van der Waals surface area contributed by atoms with Crippen molar-refractivity contribution in [2.45, 2.75) is 0 Å². The Morgan fingerprint density at radius 1 is 0.291 bits per heavy atom. The number of aromatic nitrogens is 3. The SMILES string of the molecule is c1ccc(-c2nc(-c3ccc4ccccc4c3)nc(-c3ccc(-c4cccc5oc6ccc(-c7ccc8ccccc8c7)cc6c45)c4ccccc34)n2)cc1. The standard InChI is InChI=1S/C51H31N3O/c1-2-13-34(14-3-1)49-52-50(39-24-22-33-12-5-7-16-36(33)30-39)54-51(53-49)44-27-26-42(40-17-8-9-18-41(40)44)43-19-10-20-47-48(43)45-31-38(25-28-46(45)55-47)37-23-21-32-11-4-6-15-35(32)29-37/h1-31H. The van der Waals surface area contributed by atoms with Gasteiger partial charge in [0.25, 0.3) is 0 Å². The van der Waals surface area contributed by atoms with E-state index in [0.29, 0.717) is 17.5 Å². The van der Waals surface area contributed by atoms with Crippen LogP contribution in [-0.2, 0) is 0 Å². The van der Waals surface area contributed by atoms with Crippen molar-refractivity contribution in [3.63, 3.8) is 0 Å². The fourth-order valence-electron chi connectivity index (χ4n) is 8.00. The second-order valence-corrected chi connectivity index (χ2v) is 14.0. The zero-order chi connectivity index (χ0) is 36.3. The molecule has 4 nitrogen and oxygen atoms in total. The summed E-state index contributed by atoms with van der Waals surface area (Å²) in [5.74, 6) is 1.91. The van der Waals surface area contributed by atoms with E-state index < -0.39 is 0 Å². The van der Waals surface area contributed by atoms with Gasteiger partial charge in [-0.2, -0.15) is 0 Å². The molecule has 0 N–H and O–H groups in total. The van der Waals surface area contributed by atoms with Gasteiger partial charge in [0.05, 0.1) is 0 Å². The van der Waals surface area contributed by atoms with E-state index in [-0.39, 0.29) is 0 Å². The quantitative estimate of drug-likeness (QED) is 0.179. The molecular weight excluding hydrogens is 671 g/mol. The molecule has 2 aromatic heterocycles. The van der Waals surface area contributed by atoms with E-state index in [1.54, 1.807) is 0 Å². The Balaban J connectivity index is 1.09. The van der Waals surface area contributed by atoms with Crippen molar-refractivity contribution in [1.29, 1.82) is 0 Å². The lowest BCUT2D eigenvalue weighted by molar-refractivity contribution is 0.669. The first kappa shape index (κ1) is 31.1. The fourth-order valence-corrected chi connectivity index (χ4v) is 8.00. The fraction of sp³-hybridized carbons (Fsp3) is 0. The first-order chi connectivity index (χ1) is 27.2. The Labute approximate surface area is 317 Å². The van der Waals surface area contributed by atoms with Gasteiger partial charge in [0.1, 0.15) is 11.2 Å². The predicted octanol–water partition coefficient (Wildman–Crippen LogP) is 13.6. The average Bonchev–Trinajstić information content (AvgIpc) is 3.64. The summed E-state index contributed by atoms with van der Waals surface area (Å²) >= 11 is 0. The molecule has 0 saturated heterocycles. The van der Waals surface area contributed by atoms with Crippen molar-refractivity contribution >= 4 is 54.3 Å². The van der Waals surface area contributed by atoms with E-state index in [4.69, 9.17) is 19.4 Å². The monoisotopic (exact) mass is 701 g/mol. The first-order valence-corrected chi connectivity index (χ1v) is 18.5. The second kappa shape index (κ2) is 12.6. The van der Waals surface area contributed by atoms with Gasteiger partial charge in [0.15, 0.2) is 17.5 Å². The third-order valence-electron chi connectivity index (χ3n) is 10.7. The summed E-state index contributed by atoms with van der Waals surface area (Å²) in [6.07, 6.45) is 0. The van der Waals surface area contributed by atoms with Crippen LogP contribution in [0.2, 0.25) is 0 Å². The summed E-state index contributed by atoms with van der Waals surface area (Å²) in [6.45, 7) is 0. The van der Waals surface area contributed by atoms with E-state index >= 15 is 0 Å². The smallest absolute Gasteiger partial charge is 0.164 e. The summed E-state index contributed by atoms with van der Waals surface area (Å²) < 4.78 is 6.49. The van der Waals surface area contributed by atoms with Gasteiger partial charge in [-0.05, 0) is 91.0 Å². The molecule has 0 aliphatic heterocycles. The molecule has 0 aliphatic carbocycles. The van der Waals surface area contributed by atoms with Crippen molar-refractivity contribution < 1.29 is 4.42 Å². The van der Waals surface area contributed by atoms with Crippen LogP contribution in [0.3, 0.4) is 0 Å². The number of fused-ring (bicyclic) bond motifs is 6. The number of nitrogens with zero attached hydrogens (tertiary/aromatic N) is 3. The van der Waals surface area contributed by atoms with Crippen molar-refractivity contribution in [2.75, 3.05) is 0 Å². The van der Waals surface area contributed by atoms with E-state index in [1.165, 1.54) is 21.7 Å². The van der Waals surface area contributed by atoms with Crippen LogP contribution in [0.4, 0.5) is 0 Å². The normalized spacial score (nSPS) is 11.6. The summed E-state index contributed by atoms with van der Waals surface area (Å²) in [7, 11) is 0. The van der Waals surface area contributed by atoms with Crippen molar-refractivity contribution in [2.24, 2.45) is 0 Å². The minimum Gasteiger partial charge on any atom is -0.456 e. The molecule has 55 heavy (non-hydrogen) atoms. The molecule has 11 rings (SSSR count). The van der Waals surface area contributed by atoms with Gasteiger partial charge in [-0.1, -0.05) is 152 Å². The summed E-state index contributed by atoms with van der Waals surface area (Å²) in [4.78, 5) is 15.3. The lowest BCUT2D eigenvalue weighted by atomic mass is 9.91. The molecule has 9 aromatic carbocycles. The molecule has 0 saturated carbocycles. The minimum atomic E-state index is 0.631. The minimum absolute atomic E-state index is 0.631. The van der Waals surface area contributed by atoms with Gasteiger partial charge in [-0.25, -0.2) is 15.0 Å². The van der Waals surface area contributed by atoms with E-state index in [2.05, 4.69) is 158 Å². The highest BCUT2D eigenvalue weighted by Gasteiger charge is 2.19. The molecule has 0 unspecified atom stereocenters. The van der Waals surface area contributed by atoms with Gasteiger partial charge in [0.2, 0.25) is 0 Å². The topological polar surface area (TPSA) is 51.8 Å². The van der Waals surface area contributed by atoms with Crippen LogP contribution >= 0.6 is 0 Å². The van der Waals surface area contributed by atoms with Gasteiger partial charge in [-0.15, -0.1) is 0 Å². The highest BCUT2D eigenvalue weighted by atomic mass is 16.3. The molecule has 0 fully saturated rings. The lowest BCUT2D eigenvalue weighted by Gasteiger charge is -2.14. The summed E-state index contributed by atoms with van der Waals surface area (Å²) in [6, 6.07) is 65.9. The maximum atomic E-state index is 6.49. The van der Waals surface area contributed by atoms with Gasteiger partial charge in [0, 0.05) is 27.5 Å². The molecule has 0 atom stereocenters. The molecule has 0 radical (unpaired) electrons. The van der Waals surface area contributed by atoms with E-state index in [9.17, 15) is 0 Å². The Hall–Kier alpha value is -7.43. The Kier molecular flexibility index (Phi) is 7.14. The molecule has 0 bridgehead atoms. The molecule has 2 heterocycles. The predicted molar refractivity (Wildman–Crippen MR) is 227 cm³/mol. The third kappa shape index (κ3) is 5.34. The number of hydrogen-bond donors (Lipinski definition) is 0. The molecule has 0 amide bonds. The molecular formula is C51H31N3O. The van der Waals surface area contributed by atoms with Gasteiger partial charge in [-0.3, -0.25) is 0 Å². The summed E-state index contributed by atoms with van der Waals surface area (Å²) in [5, 5.41) is 9.15. The van der Waals surface area contributed by atoms with Crippen LogP contribution in [0.25, 0.3) is 111 Å². The zero-order valence-electron chi connectivity index (χ0n) is 29.6. The number of benzene rings is 9.